The first kappa shape index (κ1) is 13.3. The van der Waals surface area contributed by atoms with Gasteiger partial charge in [-0.25, -0.2) is 0 Å². The SMILES string of the molecule is O=C(O)CCNC(=O)C1(N2CCCC2)CCCC1. The molecule has 2 fully saturated rings. The quantitative estimate of drug-likeness (QED) is 0.767. The van der Waals surface area contributed by atoms with Crippen molar-refractivity contribution in [3.05, 3.63) is 0 Å². The third-order valence-corrected chi connectivity index (χ3v) is 4.19. The minimum Gasteiger partial charge on any atom is -0.481 e. The minimum absolute atomic E-state index is 0.00181. The molecule has 0 aromatic heterocycles. The largest absolute Gasteiger partial charge is 0.481 e. The predicted octanol–water partition coefficient (Wildman–Crippen LogP) is 0.986. The lowest BCUT2D eigenvalue weighted by Crippen LogP contribution is -2.56. The summed E-state index contributed by atoms with van der Waals surface area (Å²) in [6, 6.07) is 0. The molecular weight excluding hydrogens is 232 g/mol. The molecular formula is C13H22N2O3. The van der Waals surface area contributed by atoms with Crippen molar-refractivity contribution in [1.82, 2.24) is 10.2 Å². The Balaban J connectivity index is 1.96. The highest BCUT2D eigenvalue weighted by Crippen LogP contribution is 2.37. The first-order chi connectivity index (χ1) is 8.65. The van der Waals surface area contributed by atoms with Gasteiger partial charge in [0.2, 0.25) is 5.91 Å². The molecule has 2 aliphatic rings. The number of carbonyl (C=O) groups excluding carboxylic acids is 1. The number of hydrogen-bond acceptors (Lipinski definition) is 3. The Kier molecular flexibility index (Phi) is 4.22. The van der Waals surface area contributed by atoms with Crippen LogP contribution in [-0.4, -0.2) is 47.1 Å². The van der Waals surface area contributed by atoms with E-state index in [-0.39, 0.29) is 24.4 Å². The second kappa shape index (κ2) is 5.69. The summed E-state index contributed by atoms with van der Waals surface area (Å²) in [5.74, 6) is -0.819. The van der Waals surface area contributed by atoms with Gasteiger partial charge in [0, 0.05) is 6.54 Å². The van der Waals surface area contributed by atoms with E-state index in [2.05, 4.69) is 10.2 Å². The van der Waals surface area contributed by atoms with E-state index >= 15 is 0 Å². The van der Waals surface area contributed by atoms with Crippen LogP contribution in [0.2, 0.25) is 0 Å². The Labute approximate surface area is 108 Å². The van der Waals surface area contributed by atoms with Gasteiger partial charge in [0.15, 0.2) is 0 Å². The number of carboxylic acid groups (broad SMARTS) is 1. The fraction of sp³-hybridized carbons (Fsp3) is 0.846. The Hall–Kier alpha value is -1.10. The highest BCUT2D eigenvalue weighted by molar-refractivity contribution is 5.87. The number of carbonyl (C=O) groups is 2. The van der Waals surface area contributed by atoms with Crippen LogP contribution in [0, 0.1) is 0 Å². The Bertz CT molecular complexity index is 318. The van der Waals surface area contributed by atoms with Gasteiger partial charge in [0.25, 0.3) is 0 Å². The van der Waals surface area contributed by atoms with Gasteiger partial charge in [-0.05, 0) is 38.8 Å². The predicted molar refractivity (Wildman–Crippen MR) is 67.3 cm³/mol. The fourth-order valence-electron chi connectivity index (χ4n) is 3.24. The van der Waals surface area contributed by atoms with Crippen molar-refractivity contribution in [2.45, 2.75) is 50.5 Å². The van der Waals surface area contributed by atoms with Gasteiger partial charge in [-0.1, -0.05) is 12.8 Å². The molecule has 0 bridgehead atoms. The van der Waals surface area contributed by atoms with Crippen molar-refractivity contribution in [2.75, 3.05) is 19.6 Å². The van der Waals surface area contributed by atoms with Crippen molar-refractivity contribution in [3.63, 3.8) is 0 Å². The molecule has 1 amide bonds. The topological polar surface area (TPSA) is 69.6 Å². The second-order valence-corrected chi connectivity index (χ2v) is 5.33. The van der Waals surface area contributed by atoms with Gasteiger partial charge in [0.05, 0.1) is 6.42 Å². The molecule has 0 aromatic rings. The number of carboxylic acids is 1. The molecule has 2 rings (SSSR count). The summed E-state index contributed by atoms with van der Waals surface area (Å²) in [6.45, 7) is 2.25. The lowest BCUT2D eigenvalue weighted by atomic mass is 9.94. The Morgan fingerprint density at radius 3 is 2.28 bits per heavy atom. The number of hydrogen-bond donors (Lipinski definition) is 2. The highest BCUT2D eigenvalue weighted by Gasteiger charge is 2.46. The maximum atomic E-state index is 12.4. The molecule has 0 radical (unpaired) electrons. The van der Waals surface area contributed by atoms with Crippen LogP contribution in [-0.2, 0) is 9.59 Å². The van der Waals surface area contributed by atoms with Crippen LogP contribution in [0.15, 0.2) is 0 Å². The molecule has 0 unspecified atom stereocenters. The summed E-state index contributed by atoms with van der Waals surface area (Å²) < 4.78 is 0. The van der Waals surface area contributed by atoms with Crippen LogP contribution in [0.5, 0.6) is 0 Å². The first-order valence-corrected chi connectivity index (χ1v) is 6.90. The molecule has 18 heavy (non-hydrogen) atoms. The van der Waals surface area contributed by atoms with Crippen molar-refractivity contribution in [1.29, 1.82) is 0 Å². The summed E-state index contributed by atoms with van der Waals surface area (Å²) in [4.78, 5) is 25.2. The molecule has 0 atom stereocenters. The molecule has 5 heteroatoms. The van der Waals surface area contributed by atoms with Crippen LogP contribution in [0.25, 0.3) is 0 Å². The van der Waals surface area contributed by atoms with Crippen LogP contribution in [0.1, 0.15) is 44.9 Å². The molecule has 102 valence electrons. The van der Waals surface area contributed by atoms with Gasteiger partial charge in [-0.2, -0.15) is 0 Å². The molecule has 1 saturated heterocycles. The lowest BCUT2D eigenvalue weighted by Gasteiger charge is -2.37. The summed E-state index contributed by atoms with van der Waals surface area (Å²) >= 11 is 0. The fourth-order valence-corrected chi connectivity index (χ4v) is 3.24. The molecule has 0 spiro atoms. The van der Waals surface area contributed by atoms with E-state index < -0.39 is 5.97 Å². The summed E-state index contributed by atoms with van der Waals surface area (Å²) in [5, 5.41) is 11.4. The summed E-state index contributed by atoms with van der Waals surface area (Å²) in [6.07, 6.45) is 6.39. The highest BCUT2D eigenvalue weighted by atomic mass is 16.4. The number of nitrogens with zero attached hydrogens (tertiary/aromatic N) is 1. The maximum Gasteiger partial charge on any atom is 0.305 e. The molecule has 1 aliphatic heterocycles. The summed E-state index contributed by atoms with van der Waals surface area (Å²) in [7, 11) is 0. The van der Waals surface area contributed by atoms with Crippen LogP contribution in [0.3, 0.4) is 0 Å². The van der Waals surface area contributed by atoms with E-state index in [0.29, 0.717) is 0 Å². The van der Waals surface area contributed by atoms with Gasteiger partial charge in [-0.3, -0.25) is 14.5 Å². The van der Waals surface area contributed by atoms with Gasteiger partial charge in [-0.15, -0.1) is 0 Å². The van der Waals surface area contributed by atoms with E-state index in [9.17, 15) is 9.59 Å². The molecule has 2 N–H and O–H groups in total. The lowest BCUT2D eigenvalue weighted by molar-refractivity contribution is -0.137. The minimum atomic E-state index is -0.864. The van der Waals surface area contributed by atoms with Crippen LogP contribution in [0.4, 0.5) is 0 Å². The van der Waals surface area contributed by atoms with Gasteiger partial charge in [0.1, 0.15) is 5.54 Å². The molecule has 1 saturated carbocycles. The molecule has 5 nitrogen and oxygen atoms in total. The van der Waals surface area contributed by atoms with E-state index in [1.54, 1.807) is 0 Å². The average molecular weight is 254 g/mol. The zero-order valence-electron chi connectivity index (χ0n) is 10.8. The van der Waals surface area contributed by atoms with Gasteiger partial charge < -0.3 is 10.4 Å². The normalized spacial score (nSPS) is 23.1. The third kappa shape index (κ3) is 2.66. The number of amides is 1. The van der Waals surface area contributed by atoms with Gasteiger partial charge >= 0.3 is 5.97 Å². The van der Waals surface area contributed by atoms with E-state index in [4.69, 9.17) is 5.11 Å². The zero-order chi connectivity index (χ0) is 13.0. The van der Waals surface area contributed by atoms with Crippen molar-refractivity contribution in [3.8, 4) is 0 Å². The van der Waals surface area contributed by atoms with Crippen molar-refractivity contribution >= 4 is 11.9 Å². The Morgan fingerprint density at radius 1 is 1.11 bits per heavy atom. The summed E-state index contributed by atoms with van der Waals surface area (Å²) in [5.41, 5.74) is -0.338. The molecule has 1 heterocycles. The maximum absolute atomic E-state index is 12.4. The Morgan fingerprint density at radius 2 is 1.72 bits per heavy atom. The first-order valence-electron chi connectivity index (χ1n) is 6.90. The van der Waals surface area contributed by atoms with E-state index in [1.165, 1.54) is 12.8 Å². The van der Waals surface area contributed by atoms with Crippen LogP contribution < -0.4 is 5.32 Å². The van der Waals surface area contributed by atoms with Crippen LogP contribution >= 0.6 is 0 Å². The molecule has 1 aliphatic carbocycles. The molecule has 0 aromatic carbocycles. The smallest absolute Gasteiger partial charge is 0.305 e. The zero-order valence-corrected chi connectivity index (χ0v) is 10.8. The third-order valence-electron chi connectivity index (χ3n) is 4.19. The standard InChI is InChI=1S/C13H22N2O3/c16-11(17)5-8-14-12(18)13(6-1-2-7-13)15-9-3-4-10-15/h1-10H2,(H,14,18)(H,16,17). The van der Waals surface area contributed by atoms with Crippen molar-refractivity contribution < 1.29 is 14.7 Å². The van der Waals surface area contributed by atoms with E-state index in [1.807, 2.05) is 0 Å². The average Bonchev–Trinajstić information content (AvgIpc) is 3.00. The monoisotopic (exact) mass is 254 g/mol. The number of likely N-dealkylation sites (tertiary alicyclic amines) is 1. The van der Waals surface area contributed by atoms with Crippen molar-refractivity contribution in [2.24, 2.45) is 0 Å². The number of nitrogens with one attached hydrogen (secondary N) is 1. The number of aliphatic carboxylic acids is 1. The number of rotatable bonds is 5. The second-order valence-electron chi connectivity index (χ2n) is 5.33. The van der Waals surface area contributed by atoms with E-state index in [0.717, 1.165) is 38.8 Å².